The van der Waals surface area contributed by atoms with Crippen LogP contribution in [0, 0.1) is 0 Å². The SMILES string of the molecule is CCC.COC(=O)c1cc(Br)c(OCCO)c(=O)o1. The van der Waals surface area contributed by atoms with E-state index in [1.54, 1.807) is 0 Å². The van der Waals surface area contributed by atoms with Crippen molar-refractivity contribution in [1.82, 2.24) is 0 Å². The van der Waals surface area contributed by atoms with Crippen molar-refractivity contribution in [2.45, 2.75) is 20.3 Å². The molecule has 7 heteroatoms. The molecular formula is C12H17BrO6. The molecule has 1 heterocycles. The third-order valence-electron chi connectivity index (χ3n) is 1.59. The lowest BCUT2D eigenvalue weighted by Gasteiger charge is -2.05. The zero-order chi connectivity index (χ0) is 14.8. The van der Waals surface area contributed by atoms with Gasteiger partial charge in [0.1, 0.15) is 6.61 Å². The summed E-state index contributed by atoms with van der Waals surface area (Å²) in [5, 5.41) is 8.54. The molecule has 1 aromatic rings. The third-order valence-corrected chi connectivity index (χ3v) is 2.18. The van der Waals surface area contributed by atoms with Crippen molar-refractivity contribution >= 4 is 21.9 Å². The summed E-state index contributed by atoms with van der Waals surface area (Å²) in [5.41, 5.74) is -0.816. The number of rotatable bonds is 4. The molecule has 0 aromatic carbocycles. The van der Waals surface area contributed by atoms with Crippen molar-refractivity contribution in [2.75, 3.05) is 20.3 Å². The van der Waals surface area contributed by atoms with Crippen molar-refractivity contribution in [3.63, 3.8) is 0 Å². The summed E-state index contributed by atoms with van der Waals surface area (Å²) >= 11 is 3.05. The second-order valence-corrected chi connectivity index (χ2v) is 4.20. The Kier molecular flexibility index (Phi) is 8.90. The lowest BCUT2D eigenvalue weighted by Crippen LogP contribution is -2.14. The number of methoxy groups -OCH3 is 1. The molecule has 0 aliphatic carbocycles. The molecule has 0 bridgehead atoms. The fourth-order valence-electron chi connectivity index (χ4n) is 0.931. The van der Waals surface area contributed by atoms with Crippen molar-refractivity contribution in [2.24, 2.45) is 0 Å². The van der Waals surface area contributed by atoms with Gasteiger partial charge in [-0.25, -0.2) is 9.59 Å². The topological polar surface area (TPSA) is 86.0 Å². The molecule has 0 saturated heterocycles. The molecule has 108 valence electrons. The molecule has 0 atom stereocenters. The normalized spacial score (nSPS) is 9.32. The van der Waals surface area contributed by atoms with Crippen LogP contribution in [0.1, 0.15) is 30.8 Å². The van der Waals surface area contributed by atoms with Gasteiger partial charge in [0.15, 0.2) is 0 Å². The van der Waals surface area contributed by atoms with Gasteiger partial charge in [0.2, 0.25) is 11.5 Å². The number of hydrogen-bond donors (Lipinski definition) is 1. The number of hydrogen-bond acceptors (Lipinski definition) is 6. The monoisotopic (exact) mass is 336 g/mol. The molecule has 0 radical (unpaired) electrons. The molecule has 1 N–H and O–H groups in total. The van der Waals surface area contributed by atoms with E-state index < -0.39 is 11.6 Å². The van der Waals surface area contributed by atoms with Crippen LogP contribution in [0.2, 0.25) is 0 Å². The summed E-state index contributed by atoms with van der Waals surface area (Å²) in [6.45, 7) is 3.98. The van der Waals surface area contributed by atoms with Crippen molar-refractivity contribution < 1.29 is 23.8 Å². The van der Waals surface area contributed by atoms with Gasteiger partial charge in [0.05, 0.1) is 18.2 Å². The molecule has 0 spiro atoms. The van der Waals surface area contributed by atoms with E-state index in [0.717, 1.165) is 0 Å². The number of aliphatic hydroxyl groups excluding tert-OH is 1. The molecule has 0 aliphatic rings. The maximum absolute atomic E-state index is 11.4. The van der Waals surface area contributed by atoms with Crippen LogP contribution in [0.25, 0.3) is 0 Å². The second kappa shape index (κ2) is 9.57. The van der Waals surface area contributed by atoms with Crippen LogP contribution in [0.5, 0.6) is 5.75 Å². The molecule has 1 rings (SSSR count). The Morgan fingerprint density at radius 1 is 1.47 bits per heavy atom. The Morgan fingerprint density at radius 2 is 2.05 bits per heavy atom. The van der Waals surface area contributed by atoms with E-state index in [4.69, 9.17) is 9.84 Å². The first kappa shape index (κ1) is 17.7. The van der Waals surface area contributed by atoms with Crippen LogP contribution in [0.4, 0.5) is 0 Å². The lowest BCUT2D eigenvalue weighted by molar-refractivity contribution is 0.0558. The van der Waals surface area contributed by atoms with E-state index in [1.807, 2.05) is 0 Å². The summed E-state index contributed by atoms with van der Waals surface area (Å²) in [6.07, 6.45) is 1.25. The van der Waals surface area contributed by atoms with E-state index in [9.17, 15) is 9.59 Å². The van der Waals surface area contributed by atoms with Crippen LogP contribution in [-0.4, -0.2) is 31.4 Å². The number of carbonyl (C=O) groups excluding carboxylic acids is 1. The van der Waals surface area contributed by atoms with Crippen molar-refractivity contribution in [3.05, 3.63) is 26.7 Å². The van der Waals surface area contributed by atoms with Crippen molar-refractivity contribution in [1.29, 1.82) is 0 Å². The highest BCUT2D eigenvalue weighted by atomic mass is 79.9. The van der Waals surface area contributed by atoms with Gasteiger partial charge in [0, 0.05) is 6.07 Å². The zero-order valence-corrected chi connectivity index (χ0v) is 12.7. The van der Waals surface area contributed by atoms with Crippen LogP contribution >= 0.6 is 15.9 Å². The Labute approximate surface area is 119 Å². The molecule has 1 aromatic heterocycles. The van der Waals surface area contributed by atoms with E-state index >= 15 is 0 Å². The number of ether oxygens (including phenoxy) is 2. The largest absolute Gasteiger partial charge is 0.483 e. The Bertz CT molecular complexity index is 454. The summed E-state index contributed by atoms with van der Waals surface area (Å²) in [4.78, 5) is 22.5. The van der Waals surface area contributed by atoms with Gasteiger partial charge in [-0.15, -0.1) is 0 Å². The third kappa shape index (κ3) is 5.89. The van der Waals surface area contributed by atoms with E-state index in [2.05, 4.69) is 38.9 Å². The zero-order valence-electron chi connectivity index (χ0n) is 11.1. The highest BCUT2D eigenvalue weighted by Gasteiger charge is 2.16. The maximum Gasteiger partial charge on any atom is 0.380 e. The molecule has 19 heavy (non-hydrogen) atoms. The van der Waals surface area contributed by atoms with Crippen LogP contribution in [0.3, 0.4) is 0 Å². The second-order valence-electron chi connectivity index (χ2n) is 3.35. The first-order valence-corrected chi connectivity index (χ1v) is 6.46. The highest BCUT2D eigenvalue weighted by Crippen LogP contribution is 2.22. The van der Waals surface area contributed by atoms with Gasteiger partial charge >= 0.3 is 11.6 Å². The average Bonchev–Trinajstić information content (AvgIpc) is 2.37. The predicted molar refractivity (Wildman–Crippen MR) is 72.6 cm³/mol. The number of halogens is 1. The maximum atomic E-state index is 11.4. The van der Waals surface area contributed by atoms with Gasteiger partial charge in [-0.1, -0.05) is 20.3 Å². The summed E-state index contributed by atoms with van der Waals surface area (Å²) in [6, 6.07) is 1.26. The van der Waals surface area contributed by atoms with E-state index in [0.29, 0.717) is 0 Å². The molecule has 0 saturated carbocycles. The van der Waals surface area contributed by atoms with Gasteiger partial charge in [0.25, 0.3) is 0 Å². The van der Waals surface area contributed by atoms with Crippen LogP contribution in [0.15, 0.2) is 19.8 Å². The van der Waals surface area contributed by atoms with E-state index in [-0.39, 0.29) is 29.2 Å². The molecule has 6 nitrogen and oxygen atoms in total. The fraction of sp³-hybridized carbons (Fsp3) is 0.500. The quantitative estimate of drug-likeness (QED) is 0.846. The van der Waals surface area contributed by atoms with Gasteiger partial charge < -0.3 is 19.0 Å². The summed E-state index contributed by atoms with van der Waals surface area (Å²) in [7, 11) is 1.17. The Morgan fingerprint density at radius 3 is 2.47 bits per heavy atom. The fourth-order valence-corrected chi connectivity index (χ4v) is 1.41. The first-order valence-electron chi connectivity index (χ1n) is 5.67. The number of carbonyl (C=O) groups is 1. The first-order chi connectivity index (χ1) is 9.01. The van der Waals surface area contributed by atoms with Gasteiger partial charge in [-0.05, 0) is 15.9 Å². The minimum Gasteiger partial charge on any atom is -0.483 e. The minimum absolute atomic E-state index is 0.0407. The Balaban J connectivity index is 0.000000982. The molecule has 0 aliphatic heterocycles. The molecule has 0 unspecified atom stereocenters. The summed E-state index contributed by atoms with van der Waals surface area (Å²) < 4.78 is 14.3. The van der Waals surface area contributed by atoms with Gasteiger partial charge in [-0.3, -0.25) is 0 Å². The van der Waals surface area contributed by atoms with E-state index in [1.165, 1.54) is 19.6 Å². The average molecular weight is 337 g/mol. The highest BCUT2D eigenvalue weighted by molar-refractivity contribution is 9.10. The predicted octanol–water partition coefficient (Wildman–Crippen LogP) is 1.98. The smallest absolute Gasteiger partial charge is 0.380 e. The Hall–Kier alpha value is -1.34. The van der Waals surface area contributed by atoms with Crippen LogP contribution in [-0.2, 0) is 4.74 Å². The standard InChI is InChI=1S/C9H9BrO6.C3H8/c1-14-8(12)6-4-5(10)7(9(13)16-6)15-3-2-11;1-3-2/h4,11H,2-3H2,1H3;3H2,1-2H3. The minimum atomic E-state index is -0.816. The molecule has 0 amide bonds. The number of esters is 1. The number of aliphatic hydroxyl groups is 1. The lowest BCUT2D eigenvalue weighted by atomic mass is 10.4. The molecular weight excluding hydrogens is 320 g/mol. The van der Waals surface area contributed by atoms with Gasteiger partial charge in [-0.2, -0.15) is 0 Å². The molecule has 0 fully saturated rings. The van der Waals surface area contributed by atoms with Crippen LogP contribution < -0.4 is 10.4 Å². The van der Waals surface area contributed by atoms with Crippen molar-refractivity contribution in [3.8, 4) is 5.75 Å². The summed E-state index contributed by atoms with van der Waals surface area (Å²) in [5.74, 6) is -1.08.